The molecule has 0 saturated heterocycles. The summed E-state index contributed by atoms with van der Waals surface area (Å²) in [7, 11) is 3.07. The number of imidazole rings is 1. The molecule has 0 spiro atoms. The Hall–Kier alpha value is -4.11. The first-order valence-electron chi connectivity index (χ1n) is 11.6. The van der Waals surface area contributed by atoms with Crippen LogP contribution in [0, 0.1) is 5.92 Å². The van der Waals surface area contributed by atoms with Crippen molar-refractivity contribution in [3.05, 3.63) is 65.6 Å². The molecule has 2 heterocycles. The summed E-state index contributed by atoms with van der Waals surface area (Å²) in [5, 5.41) is 13.5. The number of ether oxygens (including phenoxy) is 2. The summed E-state index contributed by atoms with van der Waals surface area (Å²) in [6, 6.07) is 11.4. The van der Waals surface area contributed by atoms with Crippen molar-refractivity contribution in [1.82, 2.24) is 19.9 Å². The van der Waals surface area contributed by atoms with Gasteiger partial charge in [-0.25, -0.2) is 9.78 Å². The van der Waals surface area contributed by atoms with Crippen LogP contribution in [-0.4, -0.2) is 51.8 Å². The monoisotopic (exact) mass is 522 g/mol. The zero-order chi connectivity index (χ0) is 26.7. The van der Waals surface area contributed by atoms with Gasteiger partial charge in [-0.15, -0.1) is 0 Å². The van der Waals surface area contributed by atoms with Crippen LogP contribution in [0.25, 0.3) is 28.0 Å². The zero-order valence-electron chi connectivity index (χ0n) is 20.9. The Morgan fingerprint density at radius 2 is 1.81 bits per heavy atom. The van der Waals surface area contributed by atoms with Gasteiger partial charge in [-0.3, -0.25) is 14.3 Å². The van der Waals surface area contributed by atoms with Crippen molar-refractivity contribution in [1.29, 1.82) is 0 Å². The maximum Gasteiger partial charge on any atom is 0.326 e. The molecule has 0 aliphatic rings. The van der Waals surface area contributed by atoms with Crippen LogP contribution in [0.4, 0.5) is 0 Å². The number of benzene rings is 2. The highest BCUT2D eigenvalue weighted by molar-refractivity contribution is 6.31. The number of nitrogens with zero attached hydrogens (tertiary/aromatic N) is 3. The van der Waals surface area contributed by atoms with E-state index in [-0.39, 0.29) is 18.0 Å². The summed E-state index contributed by atoms with van der Waals surface area (Å²) < 4.78 is 13.0. The lowest BCUT2D eigenvalue weighted by Gasteiger charge is -2.15. The van der Waals surface area contributed by atoms with Crippen molar-refractivity contribution in [2.75, 3.05) is 14.2 Å². The van der Waals surface area contributed by atoms with Crippen LogP contribution in [0.5, 0.6) is 11.5 Å². The maximum atomic E-state index is 13.2. The first-order valence-corrected chi connectivity index (χ1v) is 12.0. The number of carbonyl (C=O) groups is 2. The van der Waals surface area contributed by atoms with Crippen molar-refractivity contribution >= 4 is 34.4 Å². The number of fused-ring (bicyclic) bond motifs is 1. The van der Waals surface area contributed by atoms with Gasteiger partial charge in [0.25, 0.3) is 5.91 Å². The summed E-state index contributed by atoms with van der Waals surface area (Å²) >= 11 is 6.19. The molecule has 1 atom stereocenters. The van der Waals surface area contributed by atoms with Gasteiger partial charge in [-0.1, -0.05) is 31.5 Å². The van der Waals surface area contributed by atoms with Gasteiger partial charge in [0.15, 0.2) is 5.82 Å². The number of nitrogens with one attached hydrogen (secondary N) is 1. The van der Waals surface area contributed by atoms with Crippen LogP contribution in [-0.2, 0) is 4.79 Å². The Kier molecular flexibility index (Phi) is 7.63. The van der Waals surface area contributed by atoms with E-state index in [1.807, 2.05) is 19.9 Å². The smallest absolute Gasteiger partial charge is 0.326 e. The van der Waals surface area contributed by atoms with Gasteiger partial charge in [-0.05, 0) is 48.7 Å². The van der Waals surface area contributed by atoms with Crippen LogP contribution in [0.3, 0.4) is 0 Å². The summed E-state index contributed by atoms with van der Waals surface area (Å²) in [4.78, 5) is 34.1. The van der Waals surface area contributed by atoms with Crippen LogP contribution < -0.4 is 14.8 Å². The van der Waals surface area contributed by atoms with Crippen LogP contribution in [0.15, 0.2) is 54.9 Å². The summed E-state index contributed by atoms with van der Waals surface area (Å²) in [6.07, 6.45) is 3.49. The molecule has 0 aliphatic heterocycles. The fraction of sp³-hybridized carbons (Fsp3) is 0.259. The van der Waals surface area contributed by atoms with Crippen molar-refractivity contribution in [3.63, 3.8) is 0 Å². The van der Waals surface area contributed by atoms with Gasteiger partial charge in [0.1, 0.15) is 28.8 Å². The third-order valence-electron chi connectivity index (χ3n) is 5.84. The lowest BCUT2D eigenvalue weighted by Crippen LogP contribution is -2.41. The number of carboxylic acids is 1. The number of aliphatic carboxylic acids is 1. The van der Waals surface area contributed by atoms with Gasteiger partial charge < -0.3 is 19.9 Å². The molecule has 1 amide bonds. The Bertz CT molecular complexity index is 1440. The highest BCUT2D eigenvalue weighted by Gasteiger charge is 2.26. The third-order valence-corrected chi connectivity index (χ3v) is 6.08. The highest BCUT2D eigenvalue weighted by atomic mass is 35.5. The number of methoxy groups -OCH3 is 2. The van der Waals surface area contributed by atoms with Crippen molar-refractivity contribution in [2.45, 2.75) is 26.3 Å². The lowest BCUT2D eigenvalue weighted by atomic mass is 10.0. The number of aromatic nitrogens is 3. The first-order chi connectivity index (χ1) is 17.7. The van der Waals surface area contributed by atoms with E-state index >= 15 is 0 Å². The molecular weight excluding hydrogens is 496 g/mol. The molecule has 9 nitrogen and oxygen atoms in total. The molecule has 2 N–H and O–H groups in total. The molecule has 0 radical (unpaired) electrons. The Labute approximate surface area is 219 Å². The van der Waals surface area contributed by atoms with E-state index in [0.29, 0.717) is 39.1 Å². The second kappa shape index (κ2) is 10.9. The molecular formula is C27H27ClN4O5. The molecule has 0 unspecified atom stereocenters. The first kappa shape index (κ1) is 26.0. The Balaban J connectivity index is 1.93. The number of hydrogen-bond acceptors (Lipinski definition) is 6. The largest absolute Gasteiger partial charge is 0.496 e. The second-order valence-corrected chi connectivity index (χ2v) is 9.28. The molecule has 0 bridgehead atoms. The highest BCUT2D eigenvalue weighted by Crippen LogP contribution is 2.39. The van der Waals surface area contributed by atoms with E-state index in [2.05, 4.69) is 15.3 Å². The molecule has 2 aromatic carbocycles. The van der Waals surface area contributed by atoms with Gasteiger partial charge in [0.2, 0.25) is 0 Å². The molecule has 4 aromatic rings. The van der Waals surface area contributed by atoms with Crippen molar-refractivity contribution < 1.29 is 24.2 Å². The Morgan fingerprint density at radius 1 is 1.11 bits per heavy atom. The molecule has 2 aromatic heterocycles. The van der Waals surface area contributed by atoms with E-state index in [4.69, 9.17) is 21.1 Å². The topological polar surface area (TPSA) is 116 Å². The fourth-order valence-electron chi connectivity index (χ4n) is 4.16. The molecule has 4 rings (SSSR count). The molecule has 37 heavy (non-hydrogen) atoms. The van der Waals surface area contributed by atoms with E-state index in [1.54, 1.807) is 53.4 Å². The number of hydrogen-bond donors (Lipinski definition) is 2. The number of halogens is 1. The predicted molar refractivity (Wildman–Crippen MR) is 141 cm³/mol. The van der Waals surface area contributed by atoms with E-state index < -0.39 is 17.9 Å². The average Bonchev–Trinajstić information content (AvgIpc) is 3.31. The number of pyridine rings is 1. The van der Waals surface area contributed by atoms with E-state index in [0.717, 1.165) is 5.39 Å². The van der Waals surface area contributed by atoms with Crippen LogP contribution in [0.1, 0.15) is 30.8 Å². The lowest BCUT2D eigenvalue weighted by molar-refractivity contribution is -0.139. The summed E-state index contributed by atoms with van der Waals surface area (Å²) in [6.45, 7) is 3.79. The average molecular weight is 523 g/mol. The van der Waals surface area contributed by atoms with Gasteiger partial charge in [0, 0.05) is 22.8 Å². The van der Waals surface area contributed by atoms with E-state index in [1.165, 1.54) is 14.2 Å². The summed E-state index contributed by atoms with van der Waals surface area (Å²) in [5.74, 6) is -0.293. The maximum absolute atomic E-state index is 13.2. The SMILES string of the molecule is COc1cccc(OC)c1-c1nc(C(=O)N[C@H](CC(C)C)C(=O)O)cn1-c1ccnc2cc(Cl)ccc12. The van der Waals surface area contributed by atoms with Crippen molar-refractivity contribution in [2.24, 2.45) is 5.92 Å². The van der Waals surface area contributed by atoms with Gasteiger partial charge >= 0.3 is 5.97 Å². The normalized spacial score (nSPS) is 11.9. The number of carbonyl (C=O) groups excluding carboxylic acids is 1. The number of carboxylic acid groups (broad SMARTS) is 1. The minimum Gasteiger partial charge on any atom is -0.496 e. The quantitative estimate of drug-likeness (QED) is 0.318. The molecule has 0 saturated carbocycles. The second-order valence-electron chi connectivity index (χ2n) is 8.84. The van der Waals surface area contributed by atoms with Gasteiger partial charge in [0.05, 0.1) is 25.4 Å². The molecule has 10 heteroatoms. The minimum absolute atomic E-state index is 0.0388. The third kappa shape index (κ3) is 5.36. The fourth-order valence-corrected chi connectivity index (χ4v) is 4.33. The minimum atomic E-state index is -1.11. The molecule has 0 aliphatic carbocycles. The number of amides is 1. The van der Waals surface area contributed by atoms with Gasteiger partial charge in [-0.2, -0.15) is 0 Å². The van der Waals surface area contributed by atoms with Crippen molar-refractivity contribution in [3.8, 4) is 28.6 Å². The zero-order valence-corrected chi connectivity index (χ0v) is 21.6. The molecule has 192 valence electrons. The predicted octanol–water partition coefficient (Wildman–Crippen LogP) is 4.99. The van der Waals surface area contributed by atoms with E-state index in [9.17, 15) is 14.7 Å². The Morgan fingerprint density at radius 3 is 2.43 bits per heavy atom. The number of rotatable bonds is 9. The summed E-state index contributed by atoms with van der Waals surface area (Å²) in [5.41, 5.74) is 1.91. The molecule has 0 fully saturated rings. The van der Waals surface area contributed by atoms with Crippen LogP contribution in [0.2, 0.25) is 5.02 Å². The standard InChI is InChI=1S/C27H27ClN4O5/c1-15(2)12-19(27(34)35)31-26(33)20-14-32(21-10-11-29-18-13-16(28)8-9-17(18)21)25(30-20)24-22(36-3)6-5-7-23(24)37-4/h5-11,13-15,19H,12H2,1-4H3,(H,31,33)(H,34,35)/t19-/m1/s1. The van der Waals surface area contributed by atoms with Crippen LogP contribution >= 0.6 is 11.6 Å².